The van der Waals surface area contributed by atoms with Crippen molar-refractivity contribution in [1.29, 1.82) is 0 Å². The number of rotatable bonds is 0. The third-order valence-corrected chi connectivity index (χ3v) is 2.65. The van der Waals surface area contributed by atoms with Gasteiger partial charge < -0.3 is 5.11 Å². The Morgan fingerprint density at radius 2 is 2.08 bits per heavy atom. The number of amides is 1. The zero-order chi connectivity index (χ0) is 9.42. The predicted molar refractivity (Wildman–Crippen MR) is 51.4 cm³/mol. The molecular formula is C9H8BrNO2. The Balaban J connectivity index is 2.30. The minimum Gasteiger partial charge on any atom is -0.465 e. The molecule has 0 unspecified atom stereocenters. The van der Waals surface area contributed by atoms with Gasteiger partial charge in [-0.25, -0.2) is 4.79 Å². The molecule has 1 aliphatic rings. The highest BCUT2D eigenvalue weighted by Gasteiger charge is 2.22. The summed E-state index contributed by atoms with van der Waals surface area (Å²) in [5.74, 6) is 0. The summed E-state index contributed by atoms with van der Waals surface area (Å²) in [6, 6.07) is 5.87. The van der Waals surface area contributed by atoms with Gasteiger partial charge in [-0.1, -0.05) is 22.0 Å². The Bertz CT molecular complexity index is 365. The van der Waals surface area contributed by atoms with E-state index in [0.717, 1.165) is 15.6 Å². The Morgan fingerprint density at radius 3 is 2.77 bits per heavy atom. The third kappa shape index (κ3) is 1.54. The van der Waals surface area contributed by atoms with Crippen LogP contribution >= 0.6 is 15.9 Å². The second kappa shape index (κ2) is 3.03. The van der Waals surface area contributed by atoms with Crippen LogP contribution in [0.25, 0.3) is 0 Å². The molecule has 1 N–H and O–H groups in total. The van der Waals surface area contributed by atoms with E-state index in [1.165, 1.54) is 4.90 Å². The molecule has 68 valence electrons. The summed E-state index contributed by atoms with van der Waals surface area (Å²) < 4.78 is 0.999. The lowest BCUT2D eigenvalue weighted by atomic mass is 10.1. The van der Waals surface area contributed by atoms with Crippen LogP contribution in [0.3, 0.4) is 0 Å². The van der Waals surface area contributed by atoms with Crippen LogP contribution in [0.2, 0.25) is 0 Å². The summed E-state index contributed by atoms with van der Waals surface area (Å²) in [4.78, 5) is 12.1. The number of halogens is 1. The van der Waals surface area contributed by atoms with Gasteiger partial charge in [0.25, 0.3) is 0 Å². The van der Waals surface area contributed by atoms with Crippen molar-refractivity contribution >= 4 is 22.0 Å². The topological polar surface area (TPSA) is 40.5 Å². The van der Waals surface area contributed by atoms with Crippen molar-refractivity contribution < 1.29 is 9.90 Å². The van der Waals surface area contributed by atoms with E-state index in [0.29, 0.717) is 13.1 Å². The molecule has 2 rings (SSSR count). The third-order valence-electron chi connectivity index (χ3n) is 2.16. The van der Waals surface area contributed by atoms with E-state index in [1.807, 2.05) is 18.2 Å². The Morgan fingerprint density at radius 1 is 1.38 bits per heavy atom. The number of carboxylic acid groups (broad SMARTS) is 1. The van der Waals surface area contributed by atoms with Crippen LogP contribution in [0.15, 0.2) is 22.7 Å². The average molecular weight is 242 g/mol. The zero-order valence-electron chi connectivity index (χ0n) is 6.83. The van der Waals surface area contributed by atoms with Gasteiger partial charge in [0.05, 0.1) is 0 Å². The van der Waals surface area contributed by atoms with Crippen molar-refractivity contribution in [2.75, 3.05) is 0 Å². The van der Waals surface area contributed by atoms with Crippen LogP contribution in [0.5, 0.6) is 0 Å². The molecule has 0 saturated heterocycles. The van der Waals surface area contributed by atoms with Crippen LogP contribution in [-0.4, -0.2) is 16.1 Å². The molecule has 0 aliphatic carbocycles. The summed E-state index contributed by atoms with van der Waals surface area (Å²) in [6.07, 6.45) is -0.854. The first-order valence-electron chi connectivity index (χ1n) is 3.92. The second-order valence-corrected chi connectivity index (χ2v) is 3.97. The quantitative estimate of drug-likeness (QED) is 0.758. The molecule has 0 fully saturated rings. The molecule has 0 aromatic heterocycles. The Kier molecular flexibility index (Phi) is 2.00. The van der Waals surface area contributed by atoms with Gasteiger partial charge in [0.1, 0.15) is 0 Å². The summed E-state index contributed by atoms with van der Waals surface area (Å²) >= 11 is 3.36. The van der Waals surface area contributed by atoms with Crippen molar-refractivity contribution in [2.24, 2.45) is 0 Å². The first-order valence-corrected chi connectivity index (χ1v) is 4.71. The minimum atomic E-state index is -0.854. The van der Waals surface area contributed by atoms with Gasteiger partial charge in [0, 0.05) is 17.6 Å². The van der Waals surface area contributed by atoms with Crippen LogP contribution in [0, 0.1) is 0 Å². The fraction of sp³-hybridized carbons (Fsp3) is 0.222. The van der Waals surface area contributed by atoms with Crippen molar-refractivity contribution in [3.05, 3.63) is 33.8 Å². The zero-order valence-corrected chi connectivity index (χ0v) is 8.41. The molecule has 1 amide bonds. The summed E-state index contributed by atoms with van der Waals surface area (Å²) in [6.45, 7) is 1.02. The number of benzene rings is 1. The summed E-state index contributed by atoms with van der Waals surface area (Å²) in [5.41, 5.74) is 2.20. The number of fused-ring (bicyclic) bond motifs is 1. The standard InChI is InChI=1S/C9H8BrNO2/c10-8-2-1-6-4-11(9(12)13)5-7(6)3-8/h1-3H,4-5H2,(H,12,13). The van der Waals surface area contributed by atoms with Gasteiger partial charge in [-0.15, -0.1) is 0 Å². The fourth-order valence-corrected chi connectivity index (χ4v) is 1.91. The molecule has 0 saturated carbocycles. The lowest BCUT2D eigenvalue weighted by Gasteiger charge is -2.08. The number of hydrogen-bond donors (Lipinski definition) is 1. The fourth-order valence-electron chi connectivity index (χ4n) is 1.50. The largest absolute Gasteiger partial charge is 0.465 e. The molecule has 3 nitrogen and oxygen atoms in total. The van der Waals surface area contributed by atoms with Crippen molar-refractivity contribution in [1.82, 2.24) is 4.90 Å². The molecule has 4 heteroatoms. The Labute approximate surface area is 84.1 Å². The van der Waals surface area contributed by atoms with Gasteiger partial charge in [-0.3, -0.25) is 4.90 Å². The smallest absolute Gasteiger partial charge is 0.407 e. The van der Waals surface area contributed by atoms with E-state index in [2.05, 4.69) is 15.9 Å². The van der Waals surface area contributed by atoms with E-state index in [-0.39, 0.29) is 0 Å². The lowest BCUT2D eigenvalue weighted by molar-refractivity contribution is 0.145. The highest BCUT2D eigenvalue weighted by Crippen LogP contribution is 2.25. The van der Waals surface area contributed by atoms with Crippen molar-refractivity contribution in [3.8, 4) is 0 Å². The van der Waals surface area contributed by atoms with Gasteiger partial charge >= 0.3 is 6.09 Å². The monoisotopic (exact) mass is 241 g/mol. The molecule has 1 heterocycles. The van der Waals surface area contributed by atoms with E-state index >= 15 is 0 Å². The van der Waals surface area contributed by atoms with Gasteiger partial charge in [0.15, 0.2) is 0 Å². The van der Waals surface area contributed by atoms with E-state index < -0.39 is 6.09 Å². The number of carbonyl (C=O) groups is 1. The molecular weight excluding hydrogens is 234 g/mol. The van der Waals surface area contributed by atoms with Crippen LogP contribution < -0.4 is 0 Å². The van der Waals surface area contributed by atoms with Crippen molar-refractivity contribution in [3.63, 3.8) is 0 Å². The van der Waals surface area contributed by atoms with Gasteiger partial charge in [-0.05, 0) is 23.3 Å². The molecule has 13 heavy (non-hydrogen) atoms. The lowest BCUT2D eigenvalue weighted by Crippen LogP contribution is -2.22. The molecule has 0 atom stereocenters. The molecule has 1 aromatic rings. The molecule has 0 bridgehead atoms. The van der Waals surface area contributed by atoms with E-state index in [1.54, 1.807) is 0 Å². The SMILES string of the molecule is O=C(O)N1Cc2ccc(Br)cc2C1. The highest BCUT2D eigenvalue weighted by molar-refractivity contribution is 9.10. The van der Waals surface area contributed by atoms with Crippen LogP contribution in [0.1, 0.15) is 11.1 Å². The first kappa shape index (κ1) is 8.56. The molecule has 1 aliphatic heterocycles. The molecule has 1 aromatic carbocycles. The maximum atomic E-state index is 10.7. The maximum Gasteiger partial charge on any atom is 0.407 e. The number of nitrogens with zero attached hydrogens (tertiary/aromatic N) is 1. The summed E-state index contributed by atoms with van der Waals surface area (Å²) in [5, 5.41) is 8.77. The summed E-state index contributed by atoms with van der Waals surface area (Å²) in [7, 11) is 0. The van der Waals surface area contributed by atoms with E-state index in [9.17, 15) is 4.79 Å². The van der Waals surface area contributed by atoms with E-state index in [4.69, 9.17) is 5.11 Å². The van der Waals surface area contributed by atoms with Gasteiger partial charge in [0.2, 0.25) is 0 Å². The number of hydrogen-bond acceptors (Lipinski definition) is 1. The second-order valence-electron chi connectivity index (χ2n) is 3.05. The van der Waals surface area contributed by atoms with Gasteiger partial charge in [-0.2, -0.15) is 0 Å². The van der Waals surface area contributed by atoms with Crippen molar-refractivity contribution in [2.45, 2.75) is 13.1 Å². The predicted octanol–water partition coefficient (Wildman–Crippen LogP) is 2.44. The molecule has 0 radical (unpaired) electrons. The minimum absolute atomic E-state index is 0.504. The normalized spacial score (nSPS) is 14.4. The molecule has 0 spiro atoms. The van der Waals surface area contributed by atoms with Crippen LogP contribution in [-0.2, 0) is 13.1 Å². The van der Waals surface area contributed by atoms with Crippen LogP contribution in [0.4, 0.5) is 4.79 Å². The highest BCUT2D eigenvalue weighted by atomic mass is 79.9. The average Bonchev–Trinajstić information content (AvgIpc) is 2.46. The Hall–Kier alpha value is -1.03. The first-order chi connectivity index (χ1) is 6.16. The maximum absolute atomic E-state index is 10.7.